The molecule has 2 aliphatic rings. The summed E-state index contributed by atoms with van der Waals surface area (Å²) in [7, 11) is 0. The number of carbonyl (C=O) groups excluding carboxylic acids is 1. The van der Waals surface area contributed by atoms with Crippen molar-refractivity contribution >= 4 is 11.9 Å². The number of aryl methyl sites for hydroxylation is 1. The first-order valence-electron chi connectivity index (χ1n) is 10.5. The molecule has 1 saturated carbocycles. The lowest BCUT2D eigenvalue weighted by atomic mass is 9.76. The van der Waals surface area contributed by atoms with Crippen LogP contribution in [0.4, 0.5) is 0 Å². The van der Waals surface area contributed by atoms with E-state index in [0.29, 0.717) is 30.5 Å². The third kappa shape index (κ3) is 4.55. The van der Waals surface area contributed by atoms with Crippen molar-refractivity contribution in [3.05, 3.63) is 71.1 Å². The van der Waals surface area contributed by atoms with Crippen molar-refractivity contribution in [3.8, 4) is 0 Å². The lowest BCUT2D eigenvalue weighted by molar-refractivity contribution is -0.118. The minimum absolute atomic E-state index is 0. The maximum absolute atomic E-state index is 12.4. The molecule has 2 nitrogen and oxygen atoms in total. The Labute approximate surface area is 167 Å². The summed E-state index contributed by atoms with van der Waals surface area (Å²) in [6, 6.07) is 12.3. The van der Waals surface area contributed by atoms with Crippen molar-refractivity contribution in [1.29, 1.82) is 0 Å². The van der Waals surface area contributed by atoms with Gasteiger partial charge in [-0.15, -0.1) is 0 Å². The number of hydrogen-bond donors (Lipinski definition) is 0. The monoisotopic (exact) mass is 365 g/mol. The second kappa shape index (κ2) is 8.65. The fraction of sp³-hybridized carbons (Fsp3) is 0.440. The lowest BCUT2D eigenvalue weighted by Crippen LogP contribution is -2.18. The van der Waals surface area contributed by atoms with Gasteiger partial charge in [0.25, 0.3) is 0 Å². The van der Waals surface area contributed by atoms with Gasteiger partial charge in [-0.05, 0) is 60.8 Å². The number of allylic oxidation sites excluding steroid dienone is 1. The molecule has 27 heavy (non-hydrogen) atoms. The topological polar surface area (TPSA) is 30.0 Å². The van der Waals surface area contributed by atoms with Crippen LogP contribution in [0, 0.1) is 5.92 Å². The second-order valence-electron chi connectivity index (χ2n) is 8.18. The van der Waals surface area contributed by atoms with Crippen LogP contribution in [0.25, 0.3) is 6.08 Å². The highest BCUT2D eigenvalue weighted by atomic mass is 16.1. The molecule has 1 fully saturated rings. The van der Waals surface area contributed by atoms with Crippen LogP contribution in [-0.2, 0) is 17.6 Å². The van der Waals surface area contributed by atoms with Crippen LogP contribution in [0.1, 0.15) is 77.5 Å². The minimum Gasteiger partial charge on any atom is -0.299 e. The zero-order valence-corrected chi connectivity index (χ0v) is 16.1. The van der Waals surface area contributed by atoms with Crippen molar-refractivity contribution < 1.29 is 9.07 Å². The Morgan fingerprint density at radius 3 is 2.93 bits per heavy atom. The fourth-order valence-electron chi connectivity index (χ4n) is 4.79. The molecule has 2 aromatic rings. The molecular weight excluding hydrogens is 330 g/mol. The minimum atomic E-state index is 0. The van der Waals surface area contributed by atoms with Crippen molar-refractivity contribution in [1.82, 2.24) is 4.98 Å². The van der Waals surface area contributed by atoms with E-state index in [1.54, 1.807) is 0 Å². The number of ketones is 1. The summed E-state index contributed by atoms with van der Waals surface area (Å²) in [4.78, 5) is 17.2. The third-order valence-electron chi connectivity index (χ3n) is 6.22. The summed E-state index contributed by atoms with van der Waals surface area (Å²) in [5, 5.41) is 0. The summed E-state index contributed by atoms with van der Waals surface area (Å²) < 4.78 is 0. The first-order valence-corrected chi connectivity index (χ1v) is 10.5. The van der Waals surface area contributed by atoms with E-state index in [1.165, 1.54) is 42.5 Å². The van der Waals surface area contributed by atoms with E-state index in [9.17, 15) is 4.79 Å². The molecule has 0 radical (unpaired) electrons. The van der Waals surface area contributed by atoms with Gasteiger partial charge in [0.1, 0.15) is 5.78 Å². The summed E-state index contributed by atoms with van der Waals surface area (Å²) in [5.41, 5.74) is 5.29. The summed E-state index contributed by atoms with van der Waals surface area (Å²) in [6.07, 6.45) is 16.2. The number of Topliss-reactive ketones (excluding diaryl/α,β-unsaturated/α-hetero) is 1. The van der Waals surface area contributed by atoms with E-state index in [2.05, 4.69) is 18.2 Å². The van der Waals surface area contributed by atoms with E-state index < -0.39 is 0 Å². The van der Waals surface area contributed by atoms with Gasteiger partial charge in [0, 0.05) is 29.2 Å². The molecular formula is C25H35NO. The molecule has 146 valence electrons. The van der Waals surface area contributed by atoms with Crippen molar-refractivity contribution in [2.75, 3.05) is 0 Å². The summed E-state index contributed by atoms with van der Waals surface area (Å²) in [6.45, 7) is 0. The van der Waals surface area contributed by atoms with E-state index in [4.69, 9.17) is 4.98 Å². The Hall–Kier alpha value is -2.22. The number of carbonyl (C=O) groups is 1. The number of benzene rings is 1. The molecule has 2 heteroatoms. The quantitative estimate of drug-likeness (QED) is 0.574. The lowest BCUT2D eigenvalue weighted by Gasteiger charge is -2.30. The number of rotatable bonds is 6. The Kier molecular flexibility index (Phi) is 5.81. The van der Waals surface area contributed by atoms with Crippen LogP contribution >= 0.6 is 0 Å². The smallest absolute Gasteiger partial charge is 0.137 e. The highest BCUT2D eigenvalue weighted by Crippen LogP contribution is 2.40. The standard InChI is InChI=1S/C25H29NO.3H2/c27-23(18-19-7-2-1-3-8-19)14-13-20-9-6-11-22(17-20)25-24-12-5-4-10-21(24)15-16-26-25;;;/h1-3,5,7-8,12,15-16,20,22H,4,6,9-11,13-14,17-18H2;3*1H. The molecule has 2 atom stereocenters. The zero-order chi connectivity index (χ0) is 18.5. The van der Waals surface area contributed by atoms with Crippen molar-refractivity contribution in [2.45, 2.75) is 63.7 Å². The highest BCUT2D eigenvalue weighted by Gasteiger charge is 2.27. The molecule has 0 bridgehead atoms. The fourth-order valence-corrected chi connectivity index (χ4v) is 4.79. The van der Waals surface area contributed by atoms with Gasteiger partial charge >= 0.3 is 0 Å². The Morgan fingerprint density at radius 1 is 1.15 bits per heavy atom. The number of pyridine rings is 1. The molecule has 1 heterocycles. The first-order chi connectivity index (χ1) is 13.3. The van der Waals surface area contributed by atoms with Gasteiger partial charge in [-0.25, -0.2) is 0 Å². The number of hydrogen-bond acceptors (Lipinski definition) is 2. The van der Waals surface area contributed by atoms with Crippen LogP contribution < -0.4 is 0 Å². The van der Waals surface area contributed by atoms with Crippen LogP contribution in [0.2, 0.25) is 0 Å². The van der Waals surface area contributed by atoms with Crippen molar-refractivity contribution in [3.63, 3.8) is 0 Å². The maximum atomic E-state index is 12.4. The molecule has 1 aromatic carbocycles. The first kappa shape index (κ1) is 18.2. The molecule has 2 aliphatic carbocycles. The van der Waals surface area contributed by atoms with Gasteiger partial charge in [-0.1, -0.05) is 55.3 Å². The van der Waals surface area contributed by atoms with Crippen molar-refractivity contribution in [2.24, 2.45) is 5.92 Å². The average molecular weight is 366 g/mol. The summed E-state index contributed by atoms with van der Waals surface area (Å²) in [5.74, 6) is 1.60. The molecule has 2 unspecified atom stereocenters. The molecule has 1 aromatic heterocycles. The highest BCUT2D eigenvalue weighted by molar-refractivity contribution is 5.80. The van der Waals surface area contributed by atoms with Crippen LogP contribution in [0.3, 0.4) is 0 Å². The van der Waals surface area contributed by atoms with Gasteiger partial charge in [-0.3, -0.25) is 9.78 Å². The van der Waals surface area contributed by atoms with E-state index in [1.807, 2.05) is 36.5 Å². The zero-order valence-electron chi connectivity index (χ0n) is 16.1. The van der Waals surface area contributed by atoms with Gasteiger partial charge in [0.15, 0.2) is 0 Å². The molecule has 0 saturated heterocycles. The van der Waals surface area contributed by atoms with Crippen LogP contribution in [0.5, 0.6) is 0 Å². The summed E-state index contributed by atoms with van der Waals surface area (Å²) >= 11 is 0. The molecule has 4 rings (SSSR count). The van der Waals surface area contributed by atoms with Gasteiger partial charge < -0.3 is 0 Å². The average Bonchev–Trinajstić information content (AvgIpc) is 2.73. The Balaban J connectivity index is 0.00000150. The van der Waals surface area contributed by atoms with Gasteiger partial charge in [0.2, 0.25) is 0 Å². The third-order valence-corrected chi connectivity index (χ3v) is 6.22. The second-order valence-corrected chi connectivity index (χ2v) is 8.18. The molecule has 0 amide bonds. The van der Waals surface area contributed by atoms with Crippen LogP contribution in [-0.4, -0.2) is 10.8 Å². The molecule has 0 aliphatic heterocycles. The van der Waals surface area contributed by atoms with E-state index >= 15 is 0 Å². The molecule has 0 spiro atoms. The van der Waals surface area contributed by atoms with E-state index in [-0.39, 0.29) is 4.28 Å². The Morgan fingerprint density at radius 2 is 2.04 bits per heavy atom. The molecule has 0 N–H and O–H groups in total. The number of aromatic nitrogens is 1. The van der Waals surface area contributed by atoms with Gasteiger partial charge in [0.05, 0.1) is 5.69 Å². The van der Waals surface area contributed by atoms with Crippen LogP contribution in [0.15, 0.2) is 48.7 Å². The van der Waals surface area contributed by atoms with E-state index in [0.717, 1.165) is 24.8 Å². The number of nitrogens with zero attached hydrogens (tertiary/aromatic N) is 1. The van der Waals surface area contributed by atoms with Gasteiger partial charge in [-0.2, -0.15) is 0 Å². The predicted molar refractivity (Wildman–Crippen MR) is 117 cm³/mol. The predicted octanol–water partition coefficient (Wildman–Crippen LogP) is 6.64. The largest absolute Gasteiger partial charge is 0.299 e. The number of fused-ring (bicyclic) bond motifs is 1. The normalized spacial score (nSPS) is 21.6. The maximum Gasteiger partial charge on any atom is 0.137 e. The Bertz CT molecular complexity index is 822. The SMILES string of the molecule is O=C(CCC1CCCC(c2nccc3c2C=CCC3)C1)Cc1ccccc1.[HH].[HH].[HH].